The van der Waals surface area contributed by atoms with Gasteiger partial charge < -0.3 is 104 Å². The van der Waals surface area contributed by atoms with Gasteiger partial charge >= 0.3 is 0 Å². The lowest BCUT2D eigenvalue weighted by Gasteiger charge is -2.47. The second kappa shape index (κ2) is 17.7. The maximum Gasteiger partial charge on any atom is 0.246 e. The van der Waals surface area contributed by atoms with E-state index in [1.54, 1.807) is 0 Å². The van der Waals surface area contributed by atoms with Crippen molar-refractivity contribution in [1.82, 2.24) is 5.32 Å². The number of amides is 1. The Kier molecular flexibility index (Phi) is 14.4. The van der Waals surface area contributed by atoms with Crippen molar-refractivity contribution < 1.29 is 68.6 Å². The van der Waals surface area contributed by atoms with Crippen molar-refractivity contribution in [3.8, 4) is 12.3 Å². The largest absolute Gasteiger partial charge is 0.389 e. The molecule has 21 nitrogen and oxygen atoms in total. The second-order valence-electron chi connectivity index (χ2n) is 12.6. The van der Waals surface area contributed by atoms with E-state index in [4.69, 9.17) is 74.0 Å². The van der Waals surface area contributed by atoms with Gasteiger partial charge in [0.1, 0.15) is 80.4 Å². The van der Waals surface area contributed by atoms with E-state index in [-0.39, 0.29) is 39.3 Å². The summed E-state index contributed by atoms with van der Waals surface area (Å²) < 4.78 is 40.5. The minimum absolute atomic E-state index is 0.0583. The van der Waals surface area contributed by atoms with Gasteiger partial charge in [0.05, 0.1) is 18.2 Å². The van der Waals surface area contributed by atoms with Crippen LogP contribution in [0, 0.1) is 12.3 Å². The highest BCUT2D eigenvalue weighted by molar-refractivity contribution is 5.77. The molecule has 282 valence electrons. The lowest BCUT2D eigenvalue weighted by Crippen LogP contribution is -2.68. The molecule has 19 N–H and O–H groups in total. The molecule has 4 rings (SSSR count). The molecule has 3 heterocycles. The first-order valence-corrected chi connectivity index (χ1v) is 15.9. The molecule has 0 aromatic heterocycles. The first-order chi connectivity index (χ1) is 23.2. The molecule has 21 heteroatoms. The third kappa shape index (κ3) is 9.02. The van der Waals surface area contributed by atoms with Crippen molar-refractivity contribution in [2.75, 3.05) is 32.8 Å². The van der Waals surface area contributed by atoms with Crippen molar-refractivity contribution in [3.63, 3.8) is 0 Å². The summed E-state index contributed by atoms with van der Waals surface area (Å²) in [6, 6.07) is -4.35. The predicted molar refractivity (Wildman–Crippen MR) is 164 cm³/mol. The maximum atomic E-state index is 12.4. The van der Waals surface area contributed by atoms with E-state index in [0.29, 0.717) is 0 Å². The van der Waals surface area contributed by atoms with Gasteiger partial charge in [-0.3, -0.25) is 4.79 Å². The van der Waals surface area contributed by atoms with Gasteiger partial charge in [-0.25, -0.2) is 0 Å². The Hall–Kier alpha value is -1.73. The van der Waals surface area contributed by atoms with Crippen LogP contribution in [0.15, 0.2) is 0 Å². The summed E-state index contributed by atoms with van der Waals surface area (Å²) in [4.78, 5) is 12.4. The van der Waals surface area contributed by atoms with Crippen LogP contribution < -0.4 is 39.7 Å². The van der Waals surface area contributed by atoms with Gasteiger partial charge in [0.15, 0.2) is 18.9 Å². The fourth-order valence-corrected chi connectivity index (χ4v) is 6.23. The Morgan fingerprint density at radius 1 is 0.694 bits per heavy atom. The van der Waals surface area contributed by atoms with Gasteiger partial charge in [-0.2, -0.15) is 0 Å². The van der Waals surface area contributed by atoms with Gasteiger partial charge in [0.25, 0.3) is 0 Å². The number of terminal acetylenes is 1. The summed E-state index contributed by atoms with van der Waals surface area (Å²) in [5, 5.41) is 66.7. The summed E-state index contributed by atoms with van der Waals surface area (Å²) in [6.07, 6.45) is -15.3. The number of nitrogens with two attached hydrogens (primary N) is 6. The van der Waals surface area contributed by atoms with Gasteiger partial charge in [-0.1, -0.05) is 5.92 Å². The molecule has 3 aliphatic heterocycles. The monoisotopic (exact) mass is 709 g/mol. The standard InChI is InChI=1S/C28H51N7O14/c1-2-3-43-8-14(36)35-7-13-24(48-27-16(34)21(41)19(39)12(6-30)45-27)22(42)28(46-13)49-25-17(37)9(31)4-10(32)23(25)47-26-15(33)20(40)18(38)11(5-29)44-26/h1,9-13,15-28,37-42H,3-8,29-34H2,(H,35,36)/t9-,10+,11-,12+,13-,15-,16-,17+,18-,19-,20-,21-,22-,23-,24-,25-,26-,27-,28+/m1/s1. The number of hydrogen-bond donors (Lipinski definition) is 13. The zero-order valence-electron chi connectivity index (χ0n) is 26.7. The van der Waals surface area contributed by atoms with E-state index in [0.717, 1.165) is 0 Å². The Labute approximate surface area is 282 Å². The molecular formula is C28H51N7O14. The minimum Gasteiger partial charge on any atom is -0.389 e. The Bertz CT molecular complexity index is 1110. The molecule has 1 amide bonds. The predicted octanol–water partition coefficient (Wildman–Crippen LogP) is -9.12. The molecule has 0 aromatic carbocycles. The molecule has 0 aromatic rings. The number of aliphatic hydroxyl groups excluding tert-OH is 6. The maximum absolute atomic E-state index is 12.4. The third-order valence-electron chi connectivity index (χ3n) is 9.11. The second-order valence-corrected chi connectivity index (χ2v) is 12.6. The normalized spacial score (nSPS) is 47.4. The van der Waals surface area contributed by atoms with Crippen LogP contribution in [0.5, 0.6) is 0 Å². The Balaban J connectivity index is 1.54. The highest BCUT2D eigenvalue weighted by Gasteiger charge is 2.54. The number of nitrogens with one attached hydrogen (secondary N) is 1. The van der Waals surface area contributed by atoms with Crippen LogP contribution in [0.2, 0.25) is 0 Å². The van der Waals surface area contributed by atoms with Crippen LogP contribution >= 0.6 is 0 Å². The van der Waals surface area contributed by atoms with E-state index >= 15 is 0 Å². The quantitative estimate of drug-likeness (QED) is 0.0623. The van der Waals surface area contributed by atoms with E-state index in [9.17, 15) is 35.4 Å². The van der Waals surface area contributed by atoms with Crippen molar-refractivity contribution in [2.24, 2.45) is 34.4 Å². The fraction of sp³-hybridized carbons (Fsp3) is 0.893. The Morgan fingerprint density at radius 3 is 1.73 bits per heavy atom. The van der Waals surface area contributed by atoms with Crippen molar-refractivity contribution >= 4 is 5.91 Å². The van der Waals surface area contributed by atoms with Crippen LogP contribution in [0.4, 0.5) is 0 Å². The Morgan fingerprint density at radius 2 is 1.20 bits per heavy atom. The lowest BCUT2D eigenvalue weighted by atomic mass is 9.84. The number of aliphatic hydroxyl groups is 6. The molecule has 1 saturated carbocycles. The molecule has 3 saturated heterocycles. The molecule has 0 bridgehead atoms. The van der Waals surface area contributed by atoms with Gasteiger partial charge in [-0.05, 0) is 6.42 Å². The smallest absolute Gasteiger partial charge is 0.246 e. The number of rotatable bonds is 13. The molecule has 19 atom stereocenters. The van der Waals surface area contributed by atoms with Crippen LogP contribution in [-0.2, 0) is 38.0 Å². The average molecular weight is 710 g/mol. The average Bonchev–Trinajstić information content (AvgIpc) is 3.37. The molecular weight excluding hydrogens is 658 g/mol. The number of carbonyl (C=O) groups is 1. The molecule has 4 fully saturated rings. The summed E-state index contributed by atoms with van der Waals surface area (Å²) in [5.41, 5.74) is 36.1. The number of ether oxygens (including phenoxy) is 7. The summed E-state index contributed by atoms with van der Waals surface area (Å²) in [5.74, 6) is 1.65. The zero-order chi connectivity index (χ0) is 36.2. The lowest BCUT2D eigenvalue weighted by molar-refractivity contribution is -0.306. The van der Waals surface area contributed by atoms with Crippen LogP contribution in [0.25, 0.3) is 0 Å². The van der Waals surface area contributed by atoms with Crippen LogP contribution in [0.1, 0.15) is 6.42 Å². The molecule has 4 aliphatic rings. The van der Waals surface area contributed by atoms with E-state index < -0.39 is 122 Å². The first kappa shape index (κ1) is 40.0. The van der Waals surface area contributed by atoms with Gasteiger partial charge in [0, 0.05) is 31.7 Å². The van der Waals surface area contributed by atoms with Crippen LogP contribution in [-0.4, -0.2) is 186 Å². The van der Waals surface area contributed by atoms with Gasteiger partial charge in [-0.15, -0.1) is 6.42 Å². The summed E-state index contributed by atoms with van der Waals surface area (Å²) in [7, 11) is 0. The van der Waals surface area contributed by atoms with Gasteiger partial charge in [0.2, 0.25) is 5.91 Å². The van der Waals surface area contributed by atoms with Crippen molar-refractivity contribution in [2.45, 2.75) is 123 Å². The molecule has 49 heavy (non-hydrogen) atoms. The summed E-state index contributed by atoms with van der Waals surface area (Å²) in [6.45, 7) is -1.14. The van der Waals surface area contributed by atoms with E-state index in [1.165, 1.54) is 0 Å². The topological polar surface area (TPSA) is 371 Å². The SMILES string of the molecule is C#CCOCC(=O)NC[C@H]1O[C@@H](O[C@@H]2[C@@H](O)[C@H](N)C[C@H](N)[C@H]2O[C@H]2O[C@H](CN)[C@@H](O)[C@H](O)[C@H]2N)[C@H](O)[C@@H]1O[C@H]1O[C@@H](CN)[C@@H](O)[C@H](O)[C@H]1N. The van der Waals surface area contributed by atoms with Crippen molar-refractivity contribution in [1.29, 1.82) is 0 Å². The van der Waals surface area contributed by atoms with E-state index in [2.05, 4.69) is 11.2 Å². The molecule has 0 spiro atoms. The zero-order valence-corrected chi connectivity index (χ0v) is 26.7. The number of hydrogen-bond acceptors (Lipinski definition) is 20. The molecule has 1 aliphatic carbocycles. The molecule has 0 radical (unpaired) electrons. The molecule has 0 unspecified atom stereocenters. The van der Waals surface area contributed by atoms with E-state index in [1.807, 2.05) is 0 Å². The third-order valence-corrected chi connectivity index (χ3v) is 9.11. The number of carbonyl (C=O) groups excluding carboxylic acids is 1. The van der Waals surface area contributed by atoms with Crippen LogP contribution in [0.3, 0.4) is 0 Å². The highest BCUT2D eigenvalue weighted by Crippen LogP contribution is 2.34. The van der Waals surface area contributed by atoms with Crippen molar-refractivity contribution in [3.05, 3.63) is 0 Å². The first-order valence-electron chi connectivity index (χ1n) is 15.9. The highest BCUT2D eigenvalue weighted by atomic mass is 16.8. The fourth-order valence-electron chi connectivity index (χ4n) is 6.23. The summed E-state index contributed by atoms with van der Waals surface area (Å²) >= 11 is 0. The minimum atomic E-state index is -1.66.